The van der Waals surface area contributed by atoms with E-state index in [2.05, 4.69) is 40.5 Å². The highest BCUT2D eigenvalue weighted by atomic mass is 16.2. The molecule has 0 fully saturated rings. The van der Waals surface area contributed by atoms with Gasteiger partial charge in [0, 0.05) is 30.3 Å². The zero-order valence-electron chi connectivity index (χ0n) is 12.9. The molecule has 0 bridgehead atoms. The minimum Gasteiger partial charge on any atom is -0.329 e. The van der Waals surface area contributed by atoms with Gasteiger partial charge in [-0.05, 0) is 13.0 Å². The van der Waals surface area contributed by atoms with Crippen molar-refractivity contribution in [2.45, 2.75) is 39.3 Å². The first-order valence-electron chi connectivity index (χ1n) is 7.39. The van der Waals surface area contributed by atoms with E-state index < -0.39 is 0 Å². The summed E-state index contributed by atoms with van der Waals surface area (Å²) in [5, 5.41) is 8.47. The molecule has 22 heavy (non-hydrogen) atoms. The Kier molecular flexibility index (Phi) is 3.56. The van der Waals surface area contributed by atoms with Crippen LogP contribution in [0.1, 0.15) is 54.7 Å². The zero-order chi connectivity index (χ0) is 15.9. The smallest absolute Gasteiger partial charge is 0.254 e. The number of nitrogens with zero attached hydrogens (tertiary/aromatic N) is 4. The Balaban J connectivity index is 1.89. The van der Waals surface area contributed by atoms with Crippen LogP contribution in [0.15, 0.2) is 23.1 Å². The maximum Gasteiger partial charge on any atom is 0.254 e. The standard InChI is InChI=1S/C15H19N5O2/c1-9(2)14-18-17-12-8-19(7-10(3)20(12)14)15(22)11-4-5-16-13(21)6-11/h4-6,9-10H,7-8H2,1-3H3,(H,16,21)/t10-/m0/s1. The van der Waals surface area contributed by atoms with Crippen LogP contribution in [-0.2, 0) is 6.54 Å². The number of H-pyrrole nitrogens is 1. The molecule has 1 N–H and O–H groups in total. The van der Waals surface area contributed by atoms with Gasteiger partial charge in [0.05, 0.1) is 12.6 Å². The molecule has 3 rings (SSSR count). The lowest BCUT2D eigenvalue weighted by Crippen LogP contribution is -2.41. The van der Waals surface area contributed by atoms with Crippen LogP contribution in [0.4, 0.5) is 0 Å². The van der Waals surface area contributed by atoms with Gasteiger partial charge in [-0.2, -0.15) is 0 Å². The van der Waals surface area contributed by atoms with Crippen LogP contribution in [0.5, 0.6) is 0 Å². The number of aromatic nitrogens is 4. The maximum absolute atomic E-state index is 12.6. The molecule has 0 spiro atoms. The average Bonchev–Trinajstić information content (AvgIpc) is 2.91. The van der Waals surface area contributed by atoms with Gasteiger partial charge in [0.25, 0.3) is 5.91 Å². The van der Waals surface area contributed by atoms with Crippen LogP contribution >= 0.6 is 0 Å². The number of carbonyl (C=O) groups excluding carboxylic acids is 1. The summed E-state index contributed by atoms with van der Waals surface area (Å²) < 4.78 is 2.12. The molecule has 3 heterocycles. The molecule has 116 valence electrons. The fourth-order valence-corrected chi connectivity index (χ4v) is 2.87. The molecule has 2 aromatic heterocycles. The lowest BCUT2D eigenvalue weighted by molar-refractivity contribution is 0.0679. The molecule has 0 radical (unpaired) electrons. The lowest BCUT2D eigenvalue weighted by Gasteiger charge is -2.33. The van der Waals surface area contributed by atoms with E-state index in [1.807, 2.05) is 0 Å². The molecule has 0 aliphatic carbocycles. The van der Waals surface area contributed by atoms with Gasteiger partial charge in [-0.3, -0.25) is 9.59 Å². The minimum atomic E-state index is -0.277. The Hall–Kier alpha value is -2.44. The SMILES string of the molecule is CC(C)c1nnc2n1[C@@H](C)CN(C(=O)c1cc[nH]c(=O)c1)C2. The number of fused-ring (bicyclic) bond motifs is 1. The van der Waals surface area contributed by atoms with Crippen molar-refractivity contribution in [3.8, 4) is 0 Å². The van der Waals surface area contributed by atoms with Gasteiger partial charge in [0.1, 0.15) is 5.82 Å². The van der Waals surface area contributed by atoms with E-state index in [1.54, 1.807) is 11.0 Å². The number of aromatic amines is 1. The lowest BCUT2D eigenvalue weighted by atomic mass is 10.1. The second kappa shape index (κ2) is 5.40. The average molecular weight is 301 g/mol. The number of hydrogen-bond donors (Lipinski definition) is 1. The molecule has 2 aromatic rings. The van der Waals surface area contributed by atoms with Crippen molar-refractivity contribution >= 4 is 5.91 Å². The van der Waals surface area contributed by atoms with Gasteiger partial charge in [0.15, 0.2) is 5.82 Å². The summed E-state index contributed by atoms with van der Waals surface area (Å²) in [5.74, 6) is 1.88. The number of amides is 1. The Bertz CT molecular complexity index is 761. The third-order valence-electron chi connectivity index (χ3n) is 3.88. The quantitative estimate of drug-likeness (QED) is 0.906. The van der Waals surface area contributed by atoms with Crippen molar-refractivity contribution in [3.05, 3.63) is 45.9 Å². The van der Waals surface area contributed by atoms with Gasteiger partial charge in [-0.1, -0.05) is 13.8 Å². The summed E-state index contributed by atoms with van der Waals surface area (Å²) in [6, 6.07) is 3.06. The summed E-state index contributed by atoms with van der Waals surface area (Å²) in [4.78, 5) is 28.2. The maximum atomic E-state index is 12.6. The summed E-state index contributed by atoms with van der Waals surface area (Å²) in [6.45, 7) is 7.21. The molecule has 1 aliphatic rings. The third-order valence-corrected chi connectivity index (χ3v) is 3.88. The highest BCUT2D eigenvalue weighted by molar-refractivity contribution is 5.94. The Morgan fingerprint density at radius 2 is 2.18 bits per heavy atom. The Morgan fingerprint density at radius 1 is 1.41 bits per heavy atom. The zero-order valence-corrected chi connectivity index (χ0v) is 12.9. The van der Waals surface area contributed by atoms with Crippen molar-refractivity contribution in [2.75, 3.05) is 6.54 Å². The van der Waals surface area contributed by atoms with E-state index in [4.69, 9.17) is 0 Å². The molecular weight excluding hydrogens is 282 g/mol. The summed E-state index contributed by atoms with van der Waals surface area (Å²) >= 11 is 0. The fraction of sp³-hybridized carbons (Fsp3) is 0.467. The Morgan fingerprint density at radius 3 is 2.86 bits per heavy atom. The van der Waals surface area contributed by atoms with Crippen molar-refractivity contribution in [2.24, 2.45) is 0 Å². The second-order valence-corrected chi connectivity index (χ2v) is 5.98. The van der Waals surface area contributed by atoms with Gasteiger partial charge in [-0.25, -0.2) is 0 Å². The first-order valence-corrected chi connectivity index (χ1v) is 7.39. The van der Waals surface area contributed by atoms with Crippen LogP contribution in [0.25, 0.3) is 0 Å². The van der Waals surface area contributed by atoms with Gasteiger partial charge < -0.3 is 14.5 Å². The van der Waals surface area contributed by atoms with Gasteiger partial charge in [-0.15, -0.1) is 10.2 Å². The molecule has 0 saturated carbocycles. The number of rotatable bonds is 2. The molecule has 0 unspecified atom stereocenters. The summed E-state index contributed by atoms with van der Waals surface area (Å²) in [5.41, 5.74) is 0.120. The first-order chi connectivity index (χ1) is 10.5. The highest BCUT2D eigenvalue weighted by Crippen LogP contribution is 2.25. The Labute approximate surface area is 128 Å². The van der Waals surface area contributed by atoms with E-state index in [1.165, 1.54) is 12.3 Å². The minimum absolute atomic E-state index is 0.113. The molecule has 1 amide bonds. The summed E-state index contributed by atoms with van der Waals surface area (Å²) in [7, 11) is 0. The van der Waals surface area contributed by atoms with Crippen LogP contribution < -0.4 is 5.56 Å². The number of nitrogens with one attached hydrogen (secondary N) is 1. The number of carbonyl (C=O) groups is 1. The van der Waals surface area contributed by atoms with E-state index in [0.29, 0.717) is 24.6 Å². The molecule has 0 saturated heterocycles. The molecular formula is C15H19N5O2. The van der Waals surface area contributed by atoms with E-state index >= 15 is 0 Å². The van der Waals surface area contributed by atoms with Gasteiger partial charge >= 0.3 is 0 Å². The van der Waals surface area contributed by atoms with Crippen molar-refractivity contribution in [1.29, 1.82) is 0 Å². The second-order valence-electron chi connectivity index (χ2n) is 5.98. The van der Waals surface area contributed by atoms with Crippen molar-refractivity contribution < 1.29 is 4.79 Å². The first kappa shape index (κ1) is 14.5. The van der Waals surface area contributed by atoms with Crippen LogP contribution in [0, 0.1) is 0 Å². The molecule has 7 nitrogen and oxygen atoms in total. The number of hydrogen-bond acceptors (Lipinski definition) is 4. The van der Waals surface area contributed by atoms with E-state index in [-0.39, 0.29) is 17.5 Å². The predicted octanol–water partition coefficient (Wildman–Crippen LogP) is 1.31. The largest absolute Gasteiger partial charge is 0.329 e. The molecule has 0 aromatic carbocycles. The van der Waals surface area contributed by atoms with Crippen molar-refractivity contribution in [1.82, 2.24) is 24.6 Å². The van der Waals surface area contributed by atoms with Crippen molar-refractivity contribution in [3.63, 3.8) is 0 Å². The van der Waals surface area contributed by atoms with Crippen LogP contribution in [0.3, 0.4) is 0 Å². The normalized spacial score (nSPS) is 17.6. The molecule has 1 atom stereocenters. The molecule has 7 heteroatoms. The predicted molar refractivity (Wildman–Crippen MR) is 80.6 cm³/mol. The van der Waals surface area contributed by atoms with Gasteiger partial charge in [0.2, 0.25) is 5.56 Å². The monoisotopic (exact) mass is 301 g/mol. The number of pyridine rings is 1. The van der Waals surface area contributed by atoms with E-state index in [9.17, 15) is 9.59 Å². The fourth-order valence-electron chi connectivity index (χ4n) is 2.87. The highest BCUT2D eigenvalue weighted by Gasteiger charge is 2.30. The molecule has 1 aliphatic heterocycles. The van der Waals surface area contributed by atoms with Crippen LogP contribution in [-0.4, -0.2) is 37.1 Å². The topological polar surface area (TPSA) is 83.9 Å². The van der Waals surface area contributed by atoms with E-state index in [0.717, 1.165) is 11.6 Å². The summed E-state index contributed by atoms with van der Waals surface area (Å²) in [6.07, 6.45) is 1.49. The third kappa shape index (κ3) is 2.43. The van der Waals surface area contributed by atoms with Crippen LogP contribution in [0.2, 0.25) is 0 Å².